The number of rotatable bonds is 5. The maximum atomic E-state index is 12.9. The van der Waals surface area contributed by atoms with E-state index in [0.29, 0.717) is 6.42 Å². The highest BCUT2D eigenvalue weighted by atomic mass is 19.3. The van der Waals surface area contributed by atoms with Crippen LogP contribution in [0.2, 0.25) is 0 Å². The zero-order valence-electron chi connectivity index (χ0n) is 10.2. The molecule has 1 atom stereocenters. The summed E-state index contributed by atoms with van der Waals surface area (Å²) in [6.45, 7) is 2.17. The molecule has 0 heterocycles. The number of aliphatic hydroxyl groups excluding tert-OH is 1. The fraction of sp³-hybridized carbons (Fsp3) is 0.917. The van der Waals surface area contributed by atoms with E-state index < -0.39 is 12.0 Å². The Balaban J connectivity index is 2.25. The van der Waals surface area contributed by atoms with Gasteiger partial charge in [-0.1, -0.05) is 13.3 Å². The summed E-state index contributed by atoms with van der Waals surface area (Å²) < 4.78 is 25.8. The first-order chi connectivity index (χ1) is 7.94. The van der Waals surface area contributed by atoms with Gasteiger partial charge in [-0.25, -0.2) is 8.78 Å². The number of hydrogen-bond acceptors (Lipinski definition) is 2. The van der Waals surface area contributed by atoms with Gasteiger partial charge in [-0.05, 0) is 19.3 Å². The number of carbonyl (C=O) groups excluding carboxylic acids is 1. The number of carbonyl (C=O) groups is 1. The van der Waals surface area contributed by atoms with Gasteiger partial charge in [0.15, 0.2) is 0 Å². The van der Waals surface area contributed by atoms with Gasteiger partial charge in [-0.2, -0.15) is 0 Å². The molecule has 0 aliphatic heterocycles. The first kappa shape index (κ1) is 14.4. The van der Waals surface area contributed by atoms with Crippen molar-refractivity contribution in [1.29, 1.82) is 0 Å². The largest absolute Gasteiger partial charge is 0.391 e. The zero-order valence-corrected chi connectivity index (χ0v) is 10.2. The third-order valence-corrected chi connectivity index (χ3v) is 3.22. The van der Waals surface area contributed by atoms with Crippen LogP contribution in [0.3, 0.4) is 0 Å². The van der Waals surface area contributed by atoms with Crippen LogP contribution in [0.15, 0.2) is 0 Å². The van der Waals surface area contributed by atoms with Crippen molar-refractivity contribution in [3.63, 3.8) is 0 Å². The zero-order chi connectivity index (χ0) is 12.9. The molecule has 5 heteroatoms. The Morgan fingerprint density at radius 2 is 2.06 bits per heavy atom. The standard InChI is InChI=1S/C12H21F2NO2/c1-2-3-10(16)8-15-11(17)9-4-6-12(13,14)7-5-9/h9-10,16H,2-8H2,1H3,(H,15,17). The van der Waals surface area contributed by atoms with Crippen molar-refractivity contribution in [3.8, 4) is 0 Å². The molecule has 0 aromatic rings. The molecule has 0 radical (unpaired) electrons. The van der Waals surface area contributed by atoms with Gasteiger partial charge in [0.25, 0.3) is 0 Å². The summed E-state index contributed by atoms with van der Waals surface area (Å²) in [6, 6.07) is 0. The van der Waals surface area contributed by atoms with Crippen molar-refractivity contribution in [2.75, 3.05) is 6.54 Å². The summed E-state index contributed by atoms with van der Waals surface area (Å²) in [5.41, 5.74) is 0. The average molecular weight is 249 g/mol. The van der Waals surface area contributed by atoms with Gasteiger partial charge in [0.1, 0.15) is 0 Å². The van der Waals surface area contributed by atoms with E-state index in [4.69, 9.17) is 0 Å². The molecule has 1 aliphatic rings. The van der Waals surface area contributed by atoms with Crippen LogP contribution in [0, 0.1) is 5.92 Å². The highest BCUT2D eigenvalue weighted by Gasteiger charge is 2.37. The second kappa shape index (κ2) is 6.28. The Bertz CT molecular complexity index is 249. The molecule has 0 saturated heterocycles. The SMILES string of the molecule is CCCC(O)CNC(=O)C1CCC(F)(F)CC1. The van der Waals surface area contributed by atoms with Crippen molar-refractivity contribution in [2.24, 2.45) is 5.92 Å². The van der Waals surface area contributed by atoms with E-state index in [2.05, 4.69) is 5.32 Å². The molecule has 1 aliphatic carbocycles. The maximum absolute atomic E-state index is 12.9. The van der Waals surface area contributed by atoms with E-state index in [-0.39, 0.29) is 44.1 Å². The van der Waals surface area contributed by atoms with Crippen molar-refractivity contribution >= 4 is 5.91 Å². The molecule has 0 aromatic heterocycles. The third kappa shape index (κ3) is 4.98. The number of amides is 1. The van der Waals surface area contributed by atoms with Gasteiger partial charge in [0.05, 0.1) is 6.10 Å². The predicted octanol–water partition coefficient (Wildman–Crippen LogP) is 2.09. The summed E-state index contributed by atoms with van der Waals surface area (Å²) in [6.07, 6.45) is 1.03. The predicted molar refractivity (Wildman–Crippen MR) is 60.8 cm³/mol. The van der Waals surface area contributed by atoms with Gasteiger partial charge in [-0.15, -0.1) is 0 Å². The van der Waals surface area contributed by atoms with Crippen LogP contribution in [0.5, 0.6) is 0 Å². The van der Waals surface area contributed by atoms with E-state index in [1.165, 1.54) is 0 Å². The van der Waals surface area contributed by atoms with Gasteiger partial charge in [0, 0.05) is 25.3 Å². The Morgan fingerprint density at radius 3 is 2.59 bits per heavy atom. The van der Waals surface area contributed by atoms with E-state index in [0.717, 1.165) is 6.42 Å². The Kier molecular flexibility index (Phi) is 5.31. The topological polar surface area (TPSA) is 49.3 Å². The molecule has 3 nitrogen and oxygen atoms in total. The highest BCUT2D eigenvalue weighted by molar-refractivity contribution is 5.78. The molecule has 0 spiro atoms. The molecule has 2 N–H and O–H groups in total. The quantitative estimate of drug-likeness (QED) is 0.783. The van der Waals surface area contributed by atoms with Gasteiger partial charge >= 0.3 is 0 Å². The molecule has 1 saturated carbocycles. The van der Waals surface area contributed by atoms with Crippen LogP contribution < -0.4 is 5.32 Å². The number of nitrogens with one attached hydrogen (secondary N) is 1. The lowest BCUT2D eigenvalue weighted by Gasteiger charge is -2.27. The summed E-state index contributed by atoms with van der Waals surface area (Å²) in [4.78, 5) is 11.7. The summed E-state index contributed by atoms with van der Waals surface area (Å²) in [7, 11) is 0. The second-order valence-electron chi connectivity index (χ2n) is 4.82. The Hall–Kier alpha value is -0.710. The molecule has 1 unspecified atom stereocenters. The summed E-state index contributed by atoms with van der Waals surface area (Å²) in [5.74, 6) is -3.11. The number of aliphatic hydroxyl groups is 1. The van der Waals surface area contributed by atoms with Crippen LogP contribution in [-0.2, 0) is 4.79 Å². The van der Waals surface area contributed by atoms with Crippen LogP contribution in [-0.4, -0.2) is 29.6 Å². The normalized spacial score (nSPS) is 22.1. The smallest absolute Gasteiger partial charge is 0.248 e. The monoisotopic (exact) mass is 249 g/mol. The van der Waals surface area contributed by atoms with Crippen LogP contribution in [0.4, 0.5) is 8.78 Å². The van der Waals surface area contributed by atoms with E-state index in [1.54, 1.807) is 0 Å². The molecule has 1 rings (SSSR count). The summed E-state index contributed by atoms with van der Waals surface area (Å²) in [5, 5.41) is 12.1. The first-order valence-electron chi connectivity index (χ1n) is 6.28. The number of hydrogen-bond donors (Lipinski definition) is 2. The van der Waals surface area contributed by atoms with Gasteiger partial charge < -0.3 is 10.4 Å². The number of alkyl halides is 2. The lowest BCUT2D eigenvalue weighted by Crippen LogP contribution is -2.39. The minimum absolute atomic E-state index is 0.198. The average Bonchev–Trinajstić information content (AvgIpc) is 2.26. The van der Waals surface area contributed by atoms with Gasteiger partial charge in [-0.3, -0.25) is 4.79 Å². The Labute approximate surface area is 101 Å². The molecule has 17 heavy (non-hydrogen) atoms. The molecule has 0 aromatic carbocycles. The van der Waals surface area contributed by atoms with Crippen LogP contribution >= 0.6 is 0 Å². The first-order valence-corrected chi connectivity index (χ1v) is 6.28. The van der Waals surface area contributed by atoms with Crippen LogP contribution in [0.25, 0.3) is 0 Å². The van der Waals surface area contributed by atoms with Crippen molar-refractivity contribution in [2.45, 2.75) is 57.5 Å². The lowest BCUT2D eigenvalue weighted by atomic mass is 9.86. The van der Waals surface area contributed by atoms with Crippen molar-refractivity contribution in [3.05, 3.63) is 0 Å². The van der Waals surface area contributed by atoms with Crippen molar-refractivity contribution < 1.29 is 18.7 Å². The molecular formula is C12H21F2NO2. The number of halogens is 2. The van der Waals surface area contributed by atoms with Crippen molar-refractivity contribution in [1.82, 2.24) is 5.32 Å². The lowest BCUT2D eigenvalue weighted by molar-refractivity contribution is -0.129. The fourth-order valence-electron chi connectivity index (χ4n) is 2.10. The molecule has 100 valence electrons. The molecule has 0 bridgehead atoms. The van der Waals surface area contributed by atoms with E-state index in [9.17, 15) is 18.7 Å². The minimum Gasteiger partial charge on any atom is -0.391 e. The van der Waals surface area contributed by atoms with E-state index >= 15 is 0 Å². The Morgan fingerprint density at radius 1 is 1.47 bits per heavy atom. The third-order valence-electron chi connectivity index (χ3n) is 3.22. The molecule has 1 fully saturated rings. The highest BCUT2D eigenvalue weighted by Crippen LogP contribution is 2.36. The summed E-state index contributed by atoms with van der Waals surface area (Å²) >= 11 is 0. The van der Waals surface area contributed by atoms with E-state index in [1.807, 2.05) is 6.92 Å². The fourth-order valence-corrected chi connectivity index (χ4v) is 2.10. The van der Waals surface area contributed by atoms with Crippen LogP contribution in [0.1, 0.15) is 45.4 Å². The maximum Gasteiger partial charge on any atom is 0.248 e. The molecule has 1 amide bonds. The van der Waals surface area contributed by atoms with Gasteiger partial charge in [0.2, 0.25) is 11.8 Å². The molecular weight excluding hydrogens is 228 g/mol. The minimum atomic E-state index is -2.60. The second-order valence-corrected chi connectivity index (χ2v) is 4.82.